The highest BCUT2D eigenvalue weighted by molar-refractivity contribution is 7.13. The topological polar surface area (TPSA) is 79.8 Å². The van der Waals surface area contributed by atoms with Crippen molar-refractivity contribution in [3.63, 3.8) is 0 Å². The molecule has 0 saturated carbocycles. The van der Waals surface area contributed by atoms with Crippen LogP contribution < -0.4 is 10.6 Å². The maximum Gasteiger partial charge on any atom is 0.230 e. The summed E-state index contributed by atoms with van der Waals surface area (Å²) in [5.74, 6) is -1.92. The van der Waals surface area contributed by atoms with Gasteiger partial charge < -0.3 is 10.6 Å². The number of halogens is 2. The molecule has 0 atom stereocenters. The molecule has 3 rings (SSSR count). The number of nitrogens with one attached hydrogen (secondary N) is 2. The van der Waals surface area contributed by atoms with E-state index in [2.05, 4.69) is 25.6 Å². The number of rotatable bonds is 5. The molecule has 26 heavy (non-hydrogen) atoms. The van der Waals surface area contributed by atoms with E-state index in [1.807, 2.05) is 19.9 Å². The van der Waals surface area contributed by atoms with E-state index in [0.29, 0.717) is 16.8 Å². The Morgan fingerprint density at radius 1 is 1.08 bits per heavy atom. The van der Waals surface area contributed by atoms with E-state index in [4.69, 9.17) is 0 Å². The smallest absolute Gasteiger partial charge is 0.230 e. The molecule has 6 nitrogen and oxygen atoms in total. The predicted molar refractivity (Wildman–Crippen MR) is 95.6 cm³/mol. The zero-order valence-electron chi connectivity index (χ0n) is 14.0. The van der Waals surface area contributed by atoms with Gasteiger partial charge >= 0.3 is 0 Å². The van der Waals surface area contributed by atoms with Crippen molar-refractivity contribution in [2.24, 2.45) is 0 Å². The summed E-state index contributed by atoms with van der Waals surface area (Å²) in [6.45, 7) is 3.74. The van der Waals surface area contributed by atoms with E-state index >= 15 is 0 Å². The largest absolute Gasteiger partial charge is 0.326 e. The van der Waals surface area contributed by atoms with E-state index in [0.717, 1.165) is 23.5 Å². The van der Waals surface area contributed by atoms with Gasteiger partial charge in [-0.15, -0.1) is 11.3 Å². The molecule has 0 bridgehead atoms. The number of amides is 1. The quantitative estimate of drug-likeness (QED) is 0.710. The SMILES string of the molecule is Cc1cc(C)nc(Nc2nc(CC(=O)Nc3ccc(F)c(F)c3)cs2)n1. The number of hydrogen-bond acceptors (Lipinski definition) is 6. The second-order valence-electron chi connectivity index (χ2n) is 5.60. The summed E-state index contributed by atoms with van der Waals surface area (Å²) in [5, 5.41) is 7.80. The minimum Gasteiger partial charge on any atom is -0.326 e. The highest BCUT2D eigenvalue weighted by atomic mass is 32.1. The Kier molecular flexibility index (Phi) is 5.17. The standard InChI is InChI=1S/C17H15F2N5OS/c1-9-5-10(2)21-16(20-9)24-17-23-12(8-26-17)7-15(25)22-11-3-4-13(18)14(19)6-11/h3-6,8H,7H2,1-2H3,(H,22,25)(H,20,21,23,24). The Morgan fingerprint density at radius 2 is 1.81 bits per heavy atom. The van der Waals surface area contributed by atoms with Gasteiger partial charge in [0, 0.05) is 28.5 Å². The molecule has 0 unspecified atom stereocenters. The number of benzene rings is 1. The van der Waals surface area contributed by atoms with E-state index < -0.39 is 11.6 Å². The Labute approximate surface area is 152 Å². The molecule has 0 radical (unpaired) electrons. The fourth-order valence-corrected chi connectivity index (χ4v) is 2.97. The number of anilines is 3. The van der Waals surface area contributed by atoms with Gasteiger partial charge in [-0.2, -0.15) is 0 Å². The monoisotopic (exact) mass is 375 g/mol. The third-order valence-electron chi connectivity index (χ3n) is 3.30. The van der Waals surface area contributed by atoms with Gasteiger partial charge in [0.05, 0.1) is 12.1 Å². The molecule has 0 saturated heterocycles. The first kappa shape index (κ1) is 17.9. The molecule has 2 N–H and O–H groups in total. The fourth-order valence-electron chi connectivity index (χ4n) is 2.27. The lowest BCUT2D eigenvalue weighted by atomic mass is 10.2. The van der Waals surface area contributed by atoms with Crippen molar-refractivity contribution >= 4 is 34.0 Å². The van der Waals surface area contributed by atoms with Gasteiger partial charge in [0.2, 0.25) is 11.9 Å². The second-order valence-corrected chi connectivity index (χ2v) is 6.46. The van der Waals surface area contributed by atoms with Crippen LogP contribution in [-0.2, 0) is 11.2 Å². The van der Waals surface area contributed by atoms with Gasteiger partial charge in [-0.25, -0.2) is 23.7 Å². The van der Waals surface area contributed by atoms with Gasteiger partial charge in [-0.05, 0) is 32.0 Å². The van der Waals surface area contributed by atoms with Crippen LogP contribution in [0.15, 0.2) is 29.6 Å². The van der Waals surface area contributed by atoms with Crippen LogP contribution in [0.25, 0.3) is 0 Å². The third kappa shape index (κ3) is 4.57. The van der Waals surface area contributed by atoms with Crippen molar-refractivity contribution in [2.75, 3.05) is 10.6 Å². The second kappa shape index (κ2) is 7.52. The molecule has 0 aliphatic carbocycles. The lowest BCUT2D eigenvalue weighted by Crippen LogP contribution is -2.14. The first-order valence-electron chi connectivity index (χ1n) is 7.67. The number of hydrogen-bond donors (Lipinski definition) is 2. The van der Waals surface area contributed by atoms with Crippen molar-refractivity contribution in [1.82, 2.24) is 15.0 Å². The summed E-state index contributed by atoms with van der Waals surface area (Å²) >= 11 is 1.32. The van der Waals surface area contributed by atoms with Gasteiger partial charge in [0.1, 0.15) is 0 Å². The number of aromatic nitrogens is 3. The summed E-state index contributed by atoms with van der Waals surface area (Å²) in [4.78, 5) is 24.9. The molecule has 2 aromatic heterocycles. The predicted octanol–water partition coefficient (Wildman–Crippen LogP) is 3.75. The lowest BCUT2D eigenvalue weighted by Gasteiger charge is -2.04. The molecular formula is C17H15F2N5OS. The van der Waals surface area contributed by atoms with E-state index in [-0.39, 0.29) is 18.0 Å². The molecule has 1 amide bonds. The van der Waals surface area contributed by atoms with Crippen molar-refractivity contribution < 1.29 is 13.6 Å². The minimum absolute atomic E-state index is 0.00484. The molecular weight excluding hydrogens is 360 g/mol. The Morgan fingerprint density at radius 3 is 2.50 bits per heavy atom. The first-order chi connectivity index (χ1) is 12.4. The molecule has 134 valence electrons. The van der Waals surface area contributed by atoms with Crippen LogP contribution in [0.4, 0.5) is 25.5 Å². The zero-order valence-corrected chi connectivity index (χ0v) is 14.8. The van der Waals surface area contributed by atoms with Crippen molar-refractivity contribution in [2.45, 2.75) is 20.3 Å². The summed E-state index contributed by atoms with van der Waals surface area (Å²) < 4.78 is 26.1. The van der Waals surface area contributed by atoms with E-state index in [9.17, 15) is 13.6 Å². The fraction of sp³-hybridized carbons (Fsp3) is 0.176. The molecule has 3 aromatic rings. The molecule has 2 heterocycles. The molecule has 1 aromatic carbocycles. The maximum absolute atomic E-state index is 13.2. The minimum atomic E-state index is -1.02. The van der Waals surface area contributed by atoms with Crippen LogP contribution in [-0.4, -0.2) is 20.9 Å². The van der Waals surface area contributed by atoms with Gasteiger partial charge in [-0.3, -0.25) is 4.79 Å². The first-order valence-corrected chi connectivity index (χ1v) is 8.55. The summed E-state index contributed by atoms with van der Waals surface area (Å²) in [7, 11) is 0. The maximum atomic E-state index is 13.2. The molecule has 0 aliphatic heterocycles. The third-order valence-corrected chi connectivity index (χ3v) is 4.10. The Hall–Kier alpha value is -2.94. The molecule has 9 heteroatoms. The summed E-state index contributed by atoms with van der Waals surface area (Å²) in [5.41, 5.74) is 2.40. The van der Waals surface area contributed by atoms with Crippen LogP contribution >= 0.6 is 11.3 Å². The van der Waals surface area contributed by atoms with Crippen molar-refractivity contribution in [3.05, 3.63) is 58.4 Å². The highest BCUT2D eigenvalue weighted by Crippen LogP contribution is 2.20. The molecule has 0 aliphatic rings. The van der Waals surface area contributed by atoms with Gasteiger partial charge in [-0.1, -0.05) is 0 Å². The van der Waals surface area contributed by atoms with Crippen LogP contribution in [0, 0.1) is 25.5 Å². The summed E-state index contributed by atoms with van der Waals surface area (Å²) in [6.07, 6.45) is 0.00484. The van der Waals surface area contributed by atoms with E-state index in [1.54, 1.807) is 5.38 Å². The Balaban J connectivity index is 1.62. The van der Waals surface area contributed by atoms with Crippen LogP contribution in [0.2, 0.25) is 0 Å². The van der Waals surface area contributed by atoms with Crippen LogP contribution in [0.5, 0.6) is 0 Å². The Bertz CT molecular complexity index is 940. The van der Waals surface area contributed by atoms with E-state index in [1.165, 1.54) is 17.4 Å². The number of nitrogens with zero attached hydrogens (tertiary/aromatic N) is 3. The highest BCUT2D eigenvalue weighted by Gasteiger charge is 2.11. The zero-order chi connectivity index (χ0) is 18.7. The number of carbonyl (C=O) groups excluding carboxylic acids is 1. The number of carbonyl (C=O) groups is 1. The van der Waals surface area contributed by atoms with Crippen molar-refractivity contribution in [3.8, 4) is 0 Å². The van der Waals surface area contributed by atoms with Crippen LogP contribution in [0.3, 0.4) is 0 Å². The van der Waals surface area contributed by atoms with Gasteiger partial charge in [0.25, 0.3) is 0 Å². The molecule has 0 spiro atoms. The lowest BCUT2D eigenvalue weighted by molar-refractivity contribution is -0.115. The van der Waals surface area contributed by atoms with Crippen molar-refractivity contribution in [1.29, 1.82) is 0 Å². The summed E-state index contributed by atoms with van der Waals surface area (Å²) in [6, 6.07) is 5.04. The average Bonchev–Trinajstić information content (AvgIpc) is 2.96. The number of thiazole rings is 1. The van der Waals surface area contributed by atoms with Gasteiger partial charge in [0.15, 0.2) is 16.8 Å². The number of aryl methyl sites for hydroxylation is 2. The normalized spacial score (nSPS) is 10.6. The molecule has 0 fully saturated rings. The average molecular weight is 375 g/mol. The van der Waals surface area contributed by atoms with Crippen LogP contribution in [0.1, 0.15) is 17.1 Å².